The first-order chi connectivity index (χ1) is 3.39. The molecule has 1 aromatic heterocycles. The summed E-state index contributed by atoms with van der Waals surface area (Å²) in [6.07, 6.45) is 1.54. The van der Waals surface area contributed by atoms with Crippen LogP contribution in [0.2, 0.25) is 0 Å². The Labute approximate surface area is 46.9 Å². The molecular weight excluding hydrogens is 106 g/mol. The van der Waals surface area contributed by atoms with E-state index in [-0.39, 0.29) is 11.4 Å². The third kappa shape index (κ3) is 1.57. The van der Waals surface area contributed by atoms with E-state index in [0.29, 0.717) is 0 Å². The number of aromatic hydroxyl groups is 1. The molecule has 1 rings (SSSR count). The van der Waals surface area contributed by atoms with Gasteiger partial charge in [0, 0.05) is 17.7 Å². The van der Waals surface area contributed by atoms with E-state index in [1.165, 1.54) is 12.3 Å². The summed E-state index contributed by atoms with van der Waals surface area (Å²) in [6, 6.07) is 5.00. The molecule has 0 amide bonds. The highest BCUT2D eigenvalue weighted by atomic mass is 16.3. The maximum Gasteiger partial charge on any atom is 0.210 e. The molecule has 0 saturated heterocycles. The fourth-order valence-corrected chi connectivity index (χ4v) is 0.354. The van der Waals surface area contributed by atoms with Crippen LogP contribution in [0.1, 0.15) is 0 Å². The SMILES string of the molecule is Oc1ccccn1.[O]. The van der Waals surface area contributed by atoms with Crippen molar-refractivity contribution in [3.8, 4) is 5.88 Å². The van der Waals surface area contributed by atoms with Crippen molar-refractivity contribution in [1.82, 2.24) is 4.98 Å². The molecule has 3 nitrogen and oxygen atoms in total. The van der Waals surface area contributed by atoms with E-state index in [9.17, 15) is 0 Å². The fourth-order valence-electron chi connectivity index (χ4n) is 0.354. The first-order valence-corrected chi connectivity index (χ1v) is 1.99. The summed E-state index contributed by atoms with van der Waals surface area (Å²) in [4.78, 5) is 3.53. The highest BCUT2D eigenvalue weighted by molar-refractivity contribution is 5.06. The third-order valence-corrected chi connectivity index (χ3v) is 0.649. The largest absolute Gasteiger partial charge is 0.493 e. The molecule has 0 bridgehead atoms. The van der Waals surface area contributed by atoms with E-state index in [2.05, 4.69) is 4.98 Å². The first-order valence-electron chi connectivity index (χ1n) is 1.99. The second-order valence-corrected chi connectivity index (χ2v) is 1.19. The summed E-state index contributed by atoms with van der Waals surface area (Å²) in [5, 5.41) is 8.52. The Kier molecular flexibility index (Phi) is 2.58. The minimum absolute atomic E-state index is 0. The van der Waals surface area contributed by atoms with Gasteiger partial charge >= 0.3 is 0 Å². The van der Waals surface area contributed by atoms with Crippen LogP contribution < -0.4 is 0 Å². The van der Waals surface area contributed by atoms with E-state index in [0.717, 1.165) is 0 Å². The minimum atomic E-state index is 0. The predicted molar refractivity (Wildman–Crippen MR) is 26.6 cm³/mol. The molecule has 0 saturated carbocycles. The van der Waals surface area contributed by atoms with E-state index in [1.54, 1.807) is 12.1 Å². The van der Waals surface area contributed by atoms with Crippen LogP contribution >= 0.6 is 0 Å². The molecule has 0 aliphatic heterocycles. The van der Waals surface area contributed by atoms with Gasteiger partial charge in [0.15, 0.2) is 0 Å². The van der Waals surface area contributed by atoms with Gasteiger partial charge in [0.25, 0.3) is 0 Å². The fraction of sp³-hybridized carbons (Fsp3) is 0. The van der Waals surface area contributed by atoms with Gasteiger partial charge in [-0.2, -0.15) is 0 Å². The molecule has 8 heavy (non-hydrogen) atoms. The van der Waals surface area contributed by atoms with E-state index in [4.69, 9.17) is 5.11 Å². The summed E-state index contributed by atoms with van der Waals surface area (Å²) in [7, 11) is 0. The second kappa shape index (κ2) is 2.98. The predicted octanol–water partition coefficient (Wildman–Crippen LogP) is 0.668. The van der Waals surface area contributed by atoms with Gasteiger partial charge in [0.2, 0.25) is 5.88 Å². The smallest absolute Gasteiger partial charge is 0.210 e. The van der Waals surface area contributed by atoms with Crippen LogP contribution in [0.15, 0.2) is 24.4 Å². The van der Waals surface area contributed by atoms with Crippen molar-refractivity contribution in [2.75, 3.05) is 0 Å². The van der Waals surface area contributed by atoms with E-state index < -0.39 is 0 Å². The van der Waals surface area contributed by atoms with Gasteiger partial charge in [-0.25, -0.2) is 4.98 Å². The van der Waals surface area contributed by atoms with Crippen LogP contribution in [0, 0.1) is 0 Å². The Bertz CT molecular complexity index is 140. The summed E-state index contributed by atoms with van der Waals surface area (Å²) in [5.41, 5.74) is 0. The lowest BCUT2D eigenvalue weighted by Gasteiger charge is -1.81. The van der Waals surface area contributed by atoms with Crippen LogP contribution in [0.4, 0.5) is 0 Å². The molecule has 2 radical (unpaired) electrons. The zero-order valence-electron chi connectivity index (χ0n) is 4.11. The molecule has 0 aliphatic rings. The molecule has 1 aromatic rings. The quantitative estimate of drug-likeness (QED) is 0.534. The topological polar surface area (TPSA) is 61.6 Å². The van der Waals surface area contributed by atoms with Crippen LogP contribution in [-0.2, 0) is 5.48 Å². The van der Waals surface area contributed by atoms with Gasteiger partial charge in [-0.1, -0.05) is 6.07 Å². The molecule has 0 aromatic carbocycles. The minimum Gasteiger partial charge on any atom is -0.493 e. The lowest BCUT2D eigenvalue weighted by Crippen LogP contribution is -1.66. The molecule has 1 heterocycles. The summed E-state index contributed by atoms with van der Waals surface area (Å²) in [6.45, 7) is 0. The number of hydrogen-bond donors (Lipinski definition) is 1. The molecule has 0 spiro atoms. The Balaban J connectivity index is 0.000000490. The summed E-state index contributed by atoms with van der Waals surface area (Å²) in [5.74, 6) is 0.0718. The molecule has 0 aliphatic carbocycles. The van der Waals surface area contributed by atoms with E-state index in [1.807, 2.05) is 0 Å². The van der Waals surface area contributed by atoms with Gasteiger partial charge in [-0.3, -0.25) is 0 Å². The van der Waals surface area contributed by atoms with Gasteiger partial charge in [0.05, 0.1) is 0 Å². The van der Waals surface area contributed by atoms with Gasteiger partial charge < -0.3 is 5.11 Å². The molecule has 3 heteroatoms. The standard InChI is InChI=1S/C5H5NO.O/c7-5-3-1-2-4-6-5;/h1-4H,(H,6,7);. The average Bonchev–Trinajstić information content (AvgIpc) is 1.69. The number of hydrogen-bond acceptors (Lipinski definition) is 2. The van der Waals surface area contributed by atoms with Gasteiger partial charge in [0.1, 0.15) is 0 Å². The van der Waals surface area contributed by atoms with Crippen molar-refractivity contribution in [3.63, 3.8) is 0 Å². The van der Waals surface area contributed by atoms with Crippen molar-refractivity contribution in [2.24, 2.45) is 0 Å². The molecule has 42 valence electrons. The van der Waals surface area contributed by atoms with Crippen LogP contribution in [0.5, 0.6) is 5.88 Å². The highest BCUT2D eigenvalue weighted by Gasteiger charge is 1.76. The Hall–Kier alpha value is -1.09. The maximum atomic E-state index is 8.52. The Morgan fingerprint density at radius 3 is 2.38 bits per heavy atom. The summed E-state index contributed by atoms with van der Waals surface area (Å²) >= 11 is 0. The van der Waals surface area contributed by atoms with Crippen molar-refractivity contribution in [2.45, 2.75) is 0 Å². The lowest BCUT2D eigenvalue weighted by atomic mass is 10.5. The van der Waals surface area contributed by atoms with Crippen LogP contribution in [0.25, 0.3) is 0 Å². The molecule has 0 unspecified atom stereocenters. The van der Waals surface area contributed by atoms with Crippen molar-refractivity contribution in [1.29, 1.82) is 0 Å². The maximum absolute atomic E-state index is 8.52. The summed E-state index contributed by atoms with van der Waals surface area (Å²) < 4.78 is 0. The van der Waals surface area contributed by atoms with Crippen LogP contribution in [-0.4, -0.2) is 10.1 Å². The number of aromatic nitrogens is 1. The second-order valence-electron chi connectivity index (χ2n) is 1.19. The van der Waals surface area contributed by atoms with Gasteiger partial charge in [-0.15, -0.1) is 0 Å². The lowest BCUT2D eigenvalue weighted by molar-refractivity contribution is 0.453. The number of nitrogens with zero attached hydrogens (tertiary/aromatic N) is 1. The van der Waals surface area contributed by atoms with E-state index >= 15 is 0 Å². The molecular formula is C5H5NO2. The van der Waals surface area contributed by atoms with Crippen molar-refractivity contribution < 1.29 is 10.6 Å². The number of rotatable bonds is 0. The Morgan fingerprint density at radius 2 is 2.12 bits per heavy atom. The Morgan fingerprint density at radius 1 is 1.38 bits per heavy atom. The monoisotopic (exact) mass is 111 g/mol. The van der Waals surface area contributed by atoms with Crippen LogP contribution in [0.3, 0.4) is 0 Å². The molecule has 1 N–H and O–H groups in total. The zero-order chi connectivity index (χ0) is 5.11. The third-order valence-electron chi connectivity index (χ3n) is 0.649. The zero-order valence-corrected chi connectivity index (χ0v) is 4.11. The molecule has 0 fully saturated rings. The van der Waals surface area contributed by atoms with Crippen molar-refractivity contribution >= 4 is 0 Å². The van der Waals surface area contributed by atoms with Crippen molar-refractivity contribution in [3.05, 3.63) is 24.4 Å². The van der Waals surface area contributed by atoms with Gasteiger partial charge in [-0.05, 0) is 6.07 Å². The first kappa shape index (κ1) is 6.91. The average molecular weight is 111 g/mol. The highest BCUT2D eigenvalue weighted by Crippen LogP contribution is 1.96. The number of pyridine rings is 1. The normalized spacial score (nSPS) is 7.50. The molecule has 0 atom stereocenters.